The van der Waals surface area contributed by atoms with Crippen molar-refractivity contribution < 1.29 is 23.9 Å². The van der Waals surface area contributed by atoms with Gasteiger partial charge in [0.15, 0.2) is 5.17 Å². The number of rotatable bonds is 7. The summed E-state index contributed by atoms with van der Waals surface area (Å²) in [6.07, 6.45) is 0.0718. The van der Waals surface area contributed by atoms with Crippen molar-refractivity contribution in [2.24, 2.45) is 4.99 Å². The van der Waals surface area contributed by atoms with E-state index in [1.165, 1.54) is 11.8 Å². The molecule has 1 aliphatic rings. The number of amidine groups is 1. The first kappa shape index (κ1) is 23.3. The van der Waals surface area contributed by atoms with Gasteiger partial charge in [-0.05, 0) is 50.2 Å². The molecular formula is C23H25N3O5S. The lowest BCUT2D eigenvalue weighted by atomic mass is 10.2. The summed E-state index contributed by atoms with van der Waals surface area (Å²) >= 11 is 1.25. The number of anilines is 1. The lowest BCUT2D eigenvalue weighted by molar-refractivity contribution is -0.129. The maximum absolute atomic E-state index is 12.9. The number of hydrogen-bond donors (Lipinski definition) is 1. The molecule has 8 nitrogen and oxygen atoms in total. The number of nitrogens with zero attached hydrogens (tertiary/aromatic N) is 2. The molecule has 1 unspecified atom stereocenters. The zero-order valence-electron chi connectivity index (χ0n) is 18.2. The van der Waals surface area contributed by atoms with E-state index in [4.69, 9.17) is 9.47 Å². The van der Waals surface area contributed by atoms with Crippen molar-refractivity contribution >= 4 is 46.1 Å². The number of amides is 2. The molecule has 0 spiro atoms. The van der Waals surface area contributed by atoms with Gasteiger partial charge in [-0.15, -0.1) is 0 Å². The van der Waals surface area contributed by atoms with Crippen LogP contribution in [0.25, 0.3) is 0 Å². The molecule has 1 N–H and O–H groups in total. The summed E-state index contributed by atoms with van der Waals surface area (Å²) in [5.41, 5.74) is 1.56. The van der Waals surface area contributed by atoms with E-state index in [9.17, 15) is 14.4 Å². The van der Waals surface area contributed by atoms with Crippen molar-refractivity contribution in [2.45, 2.75) is 25.5 Å². The van der Waals surface area contributed by atoms with Gasteiger partial charge in [0.25, 0.3) is 0 Å². The lowest BCUT2D eigenvalue weighted by Crippen LogP contribution is -2.45. The average molecular weight is 456 g/mol. The fraction of sp³-hybridized carbons (Fsp3) is 0.304. The number of methoxy groups -OCH3 is 1. The van der Waals surface area contributed by atoms with Gasteiger partial charge in [-0.2, -0.15) is 0 Å². The fourth-order valence-corrected chi connectivity index (χ4v) is 4.23. The second-order valence-corrected chi connectivity index (χ2v) is 8.00. The van der Waals surface area contributed by atoms with E-state index in [1.807, 2.05) is 25.1 Å². The van der Waals surface area contributed by atoms with Crippen LogP contribution in [0.2, 0.25) is 0 Å². The van der Waals surface area contributed by atoms with Gasteiger partial charge in [0, 0.05) is 24.7 Å². The van der Waals surface area contributed by atoms with Crippen molar-refractivity contribution in [1.29, 1.82) is 0 Å². The van der Waals surface area contributed by atoms with E-state index in [0.717, 1.165) is 0 Å². The molecule has 1 heterocycles. The van der Waals surface area contributed by atoms with Crippen molar-refractivity contribution in [3.63, 3.8) is 0 Å². The molecule has 0 aliphatic carbocycles. The summed E-state index contributed by atoms with van der Waals surface area (Å²) in [6, 6.07) is 13.6. The summed E-state index contributed by atoms with van der Waals surface area (Å²) in [7, 11) is 1.57. The van der Waals surface area contributed by atoms with Crippen molar-refractivity contribution in [1.82, 2.24) is 4.90 Å². The Morgan fingerprint density at radius 1 is 1.19 bits per heavy atom. The summed E-state index contributed by atoms with van der Waals surface area (Å²) in [4.78, 5) is 43.5. The Kier molecular flexibility index (Phi) is 7.88. The first-order chi connectivity index (χ1) is 15.4. The molecular weight excluding hydrogens is 430 g/mol. The van der Waals surface area contributed by atoms with Gasteiger partial charge in [-0.1, -0.05) is 17.8 Å². The molecule has 1 aliphatic heterocycles. The number of carbonyl (C=O) groups is 3. The third-order valence-corrected chi connectivity index (χ3v) is 5.88. The van der Waals surface area contributed by atoms with E-state index in [-0.39, 0.29) is 18.2 Å². The minimum atomic E-state index is -0.626. The SMILES string of the molecule is CCOC(=O)c1ccc(NC(=O)C2CC(=O)N(CC)C(=Nc3cccc(OC)c3)S2)cc1. The number of carbonyl (C=O) groups excluding carboxylic acids is 3. The van der Waals surface area contributed by atoms with E-state index < -0.39 is 11.2 Å². The Labute approximate surface area is 191 Å². The molecule has 0 saturated carbocycles. The highest BCUT2D eigenvalue weighted by atomic mass is 32.2. The quantitative estimate of drug-likeness (QED) is 0.637. The second-order valence-electron chi connectivity index (χ2n) is 6.83. The molecule has 9 heteroatoms. The van der Waals surface area contributed by atoms with Crippen LogP contribution < -0.4 is 10.1 Å². The first-order valence-corrected chi connectivity index (χ1v) is 11.1. The Balaban J connectivity index is 1.74. The van der Waals surface area contributed by atoms with Crippen LogP contribution in [0.5, 0.6) is 5.75 Å². The van der Waals surface area contributed by atoms with Gasteiger partial charge in [-0.25, -0.2) is 9.79 Å². The summed E-state index contributed by atoms with van der Waals surface area (Å²) in [5.74, 6) is -0.230. The van der Waals surface area contributed by atoms with Gasteiger partial charge in [0.1, 0.15) is 11.0 Å². The highest BCUT2D eigenvalue weighted by molar-refractivity contribution is 8.15. The maximum Gasteiger partial charge on any atom is 0.338 e. The first-order valence-electron chi connectivity index (χ1n) is 10.2. The van der Waals surface area contributed by atoms with Crippen LogP contribution in [0.15, 0.2) is 53.5 Å². The van der Waals surface area contributed by atoms with Crippen LogP contribution >= 0.6 is 11.8 Å². The molecule has 1 atom stereocenters. The van der Waals surface area contributed by atoms with Crippen LogP contribution in [0.4, 0.5) is 11.4 Å². The summed E-state index contributed by atoms with van der Waals surface area (Å²) in [5, 5.41) is 2.65. The molecule has 2 aromatic rings. The number of nitrogens with one attached hydrogen (secondary N) is 1. The molecule has 1 saturated heterocycles. The van der Waals surface area contributed by atoms with Gasteiger partial charge >= 0.3 is 5.97 Å². The normalized spacial score (nSPS) is 17.2. The van der Waals surface area contributed by atoms with Gasteiger partial charge in [-0.3, -0.25) is 14.5 Å². The largest absolute Gasteiger partial charge is 0.497 e. The Hall–Kier alpha value is -3.33. The number of benzene rings is 2. The highest BCUT2D eigenvalue weighted by Gasteiger charge is 2.35. The third-order valence-electron chi connectivity index (χ3n) is 4.69. The lowest BCUT2D eigenvalue weighted by Gasteiger charge is -2.30. The molecule has 2 amide bonds. The predicted octanol–water partition coefficient (Wildman–Crippen LogP) is 3.85. The summed E-state index contributed by atoms with van der Waals surface area (Å²) < 4.78 is 10.2. The Morgan fingerprint density at radius 2 is 1.94 bits per heavy atom. The summed E-state index contributed by atoms with van der Waals surface area (Å²) in [6.45, 7) is 4.35. The molecule has 3 rings (SSSR count). The van der Waals surface area contributed by atoms with Crippen molar-refractivity contribution in [3.8, 4) is 5.75 Å². The second kappa shape index (κ2) is 10.8. The number of aliphatic imine (C=N–C) groups is 1. The zero-order chi connectivity index (χ0) is 23.1. The monoisotopic (exact) mass is 455 g/mol. The number of ether oxygens (including phenoxy) is 2. The smallest absolute Gasteiger partial charge is 0.338 e. The van der Waals surface area contributed by atoms with Gasteiger partial charge < -0.3 is 14.8 Å². The average Bonchev–Trinajstić information content (AvgIpc) is 2.79. The van der Waals surface area contributed by atoms with Crippen molar-refractivity contribution in [3.05, 3.63) is 54.1 Å². The molecule has 1 fully saturated rings. The fourth-order valence-electron chi connectivity index (χ4n) is 3.07. The topological polar surface area (TPSA) is 97.3 Å². The minimum Gasteiger partial charge on any atom is -0.497 e. The van der Waals surface area contributed by atoms with Gasteiger partial charge in [0.05, 0.1) is 25.0 Å². The maximum atomic E-state index is 12.9. The van der Waals surface area contributed by atoms with E-state index >= 15 is 0 Å². The van der Waals surface area contributed by atoms with Crippen LogP contribution in [0, 0.1) is 0 Å². The number of esters is 1. The standard InChI is InChI=1S/C23H25N3O5S/c1-4-26-20(27)14-19(32-23(26)25-17-7-6-8-18(13-17)30-3)21(28)24-16-11-9-15(10-12-16)22(29)31-5-2/h6-13,19H,4-5,14H2,1-3H3,(H,24,28). The van der Waals surface area contributed by atoms with E-state index in [2.05, 4.69) is 10.3 Å². The number of hydrogen-bond acceptors (Lipinski definition) is 7. The molecule has 168 valence electrons. The predicted molar refractivity (Wildman–Crippen MR) is 125 cm³/mol. The van der Waals surface area contributed by atoms with Crippen LogP contribution in [-0.2, 0) is 14.3 Å². The third kappa shape index (κ3) is 5.67. The van der Waals surface area contributed by atoms with E-state index in [0.29, 0.717) is 41.0 Å². The Bertz CT molecular complexity index is 1020. The van der Waals surface area contributed by atoms with Crippen LogP contribution in [0.1, 0.15) is 30.6 Å². The Morgan fingerprint density at radius 3 is 2.59 bits per heavy atom. The molecule has 0 bridgehead atoms. The molecule has 0 aromatic heterocycles. The number of thioether (sulfide) groups is 1. The molecule has 32 heavy (non-hydrogen) atoms. The molecule has 0 radical (unpaired) electrons. The highest BCUT2D eigenvalue weighted by Crippen LogP contribution is 2.30. The van der Waals surface area contributed by atoms with Crippen LogP contribution in [0.3, 0.4) is 0 Å². The van der Waals surface area contributed by atoms with Crippen molar-refractivity contribution in [2.75, 3.05) is 25.6 Å². The van der Waals surface area contributed by atoms with Gasteiger partial charge in [0.2, 0.25) is 11.8 Å². The minimum absolute atomic E-state index is 0.0718. The molecule has 2 aromatic carbocycles. The van der Waals surface area contributed by atoms with Crippen LogP contribution in [-0.4, -0.2) is 53.4 Å². The van der Waals surface area contributed by atoms with E-state index in [1.54, 1.807) is 49.3 Å². The zero-order valence-corrected chi connectivity index (χ0v) is 19.0.